The second-order valence-electron chi connectivity index (χ2n) is 5.15. The summed E-state index contributed by atoms with van der Waals surface area (Å²) in [6.45, 7) is -6.21. The van der Waals surface area contributed by atoms with Crippen molar-refractivity contribution >= 4 is 29.2 Å². The van der Waals surface area contributed by atoms with Crippen molar-refractivity contribution in [2.24, 2.45) is 0 Å². The number of anilines is 4. The Hall–Kier alpha value is -4.16. The molecule has 0 saturated carbocycles. The minimum absolute atomic E-state index is 0.0476. The van der Waals surface area contributed by atoms with Gasteiger partial charge < -0.3 is 10.6 Å². The Balaban J connectivity index is 2.29. The molecule has 0 aliphatic heterocycles. The van der Waals surface area contributed by atoms with Crippen molar-refractivity contribution in [2.45, 2.75) is 13.7 Å². The highest BCUT2D eigenvalue weighted by atomic mass is 15.1. The van der Waals surface area contributed by atoms with Gasteiger partial charge in [-0.2, -0.15) is 15.5 Å². The minimum atomic E-state index is -3.11. The predicted molar refractivity (Wildman–Crippen MR) is 110 cm³/mol. The van der Waals surface area contributed by atoms with Gasteiger partial charge in [0.1, 0.15) is 5.82 Å². The Morgan fingerprint density at radius 2 is 1.86 bits per heavy atom. The van der Waals surface area contributed by atoms with Gasteiger partial charge in [-0.15, -0.1) is 0 Å². The predicted octanol–water partition coefficient (Wildman–Crippen LogP) is 4.99. The largest absolute Gasteiger partial charge is 0.340 e. The molecule has 28 heavy (non-hydrogen) atoms. The van der Waals surface area contributed by atoms with E-state index in [0.717, 1.165) is 12.2 Å². The molecule has 0 spiro atoms. The van der Waals surface area contributed by atoms with E-state index in [-0.39, 0.29) is 23.3 Å². The number of hydrogen-bond donors (Lipinski definition) is 2. The lowest BCUT2D eigenvalue weighted by atomic mass is 10.0. The number of hydrogen-bond acceptors (Lipinski definition) is 6. The normalized spacial score (nSPS) is 17.4. The number of rotatable bonds is 5. The van der Waals surface area contributed by atoms with Crippen molar-refractivity contribution in [2.75, 3.05) is 10.6 Å². The summed E-state index contributed by atoms with van der Waals surface area (Å²) < 4.78 is 97.1. The van der Waals surface area contributed by atoms with Crippen molar-refractivity contribution in [3.8, 4) is 12.1 Å². The Labute approximate surface area is 180 Å². The molecule has 0 aliphatic carbocycles. The van der Waals surface area contributed by atoms with Gasteiger partial charge in [-0.05, 0) is 78.8 Å². The fourth-order valence-corrected chi connectivity index (χ4v) is 2.04. The number of nitriles is 2. The van der Waals surface area contributed by atoms with Gasteiger partial charge in [0.05, 0.1) is 25.9 Å². The molecule has 2 N–H and O–H groups in total. The molecule has 0 fully saturated rings. The van der Waals surface area contributed by atoms with Crippen LogP contribution in [0.25, 0.3) is 6.08 Å². The van der Waals surface area contributed by atoms with Crippen LogP contribution < -0.4 is 10.6 Å². The topological polar surface area (TPSA) is 97.4 Å². The smallest absolute Gasteiger partial charge is 0.229 e. The van der Waals surface area contributed by atoms with Crippen molar-refractivity contribution in [3.05, 3.63) is 76.8 Å². The molecule has 1 aromatic heterocycles. The Morgan fingerprint density at radius 3 is 2.50 bits per heavy atom. The molecular weight excluding hydrogens is 348 g/mol. The summed E-state index contributed by atoms with van der Waals surface area (Å²) in [7, 11) is 0. The zero-order valence-corrected chi connectivity index (χ0v) is 14.1. The number of nitrogens with one attached hydrogen (secondary N) is 2. The summed E-state index contributed by atoms with van der Waals surface area (Å²) in [4.78, 5) is 7.78. The van der Waals surface area contributed by atoms with E-state index < -0.39 is 72.1 Å². The lowest BCUT2D eigenvalue weighted by molar-refractivity contribution is 1.16. The molecule has 3 rings (SSSR count). The van der Waals surface area contributed by atoms with Crippen LogP contribution in [0.4, 0.5) is 23.1 Å². The van der Waals surface area contributed by atoms with Crippen LogP contribution >= 0.6 is 0 Å². The molecule has 0 aliphatic rings. The molecule has 0 atom stereocenters. The van der Waals surface area contributed by atoms with E-state index in [1.807, 2.05) is 0 Å². The summed E-state index contributed by atoms with van der Waals surface area (Å²) in [5, 5.41) is 22.9. The van der Waals surface area contributed by atoms with E-state index in [2.05, 4.69) is 20.6 Å². The number of nitrogens with zero attached hydrogens (tertiary/aromatic N) is 4. The Bertz CT molecular complexity index is 1550. The zero-order chi connectivity index (χ0) is 30.2. The van der Waals surface area contributed by atoms with Crippen molar-refractivity contribution in [1.29, 1.82) is 10.5 Å². The fraction of sp³-hybridized carbons (Fsp3) is 0.0909. The SMILES string of the molecule is [2H]c1cc(C#N)cc([2H])c1Nc1nc([2H])c([2H])c(Nc2c(C([2H])([2H])[2H])c([2H])c(/C=C/C#N)c([2H])c2C([2H])([2H])[2H])n1. The fourth-order valence-electron chi connectivity index (χ4n) is 2.04. The average Bonchev–Trinajstić information content (AvgIpc) is 2.82. The van der Waals surface area contributed by atoms with Gasteiger partial charge in [0, 0.05) is 31.8 Å². The maximum Gasteiger partial charge on any atom is 0.229 e. The number of aromatic nitrogens is 2. The molecule has 2 aromatic carbocycles. The summed E-state index contributed by atoms with van der Waals surface area (Å²) in [6, 6.07) is 3.01. The maximum absolute atomic E-state index is 9.03. The second kappa shape index (κ2) is 8.48. The molecule has 3 aromatic rings. The van der Waals surface area contributed by atoms with Gasteiger partial charge in [-0.1, -0.05) is 0 Å². The standard InChI is InChI=1S/C22H18N6/c1-15-12-18(4-3-10-23)13-16(2)21(15)27-20-9-11-25-22(28-20)26-19-7-5-17(14-24)6-8-19/h3-9,11-13H,1-2H3,(H2,25,26,27,28)/b4-3+/i1D3,2D3,7D,8D,9D,11D,12D,13D. The van der Waals surface area contributed by atoms with Crippen LogP contribution in [-0.2, 0) is 0 Å². The first-order valence-electron chi connectivity index (χ1n) is 13.7. The lowest BCUT2D eigenvalue weighted by Gasteiger charge is -2.14. The van der Waals surface area contributed by atoms with Crippen LogP contribution in [0.5, 0.6) is 0 Å². The Morgan fingerprint density at radius 1 is 1.11 bits per heavy atom. The van der Waals surface area contributed by atoms with E-state index in [4.69, 9.17) is 27.0 Å². The van der Waals surface area contributed by atoms with Gasteiger partial charge in [0.15, 0.2) is 0 Å². The number of benzene rings is 2. The van der Waals surface area contributed by atoms with E-state index in [0.29, 0.717) is 0 Å². The molecule has 6 heteroatoms. The monoisotopic (exact) mass is 378 g/mol. The molecule has 0 unspecified atom stereocenters. The van der Waals surface area contributed by atoms with Crippen LogP contribution in [0.15, 0.2) is 54.6 Å². The third-order valence-electron chi connectivity index (χ3n) is 3.25. The molecule has 0 bridgehead atoms. The summed E-state index contributed by atoms with van der Waals surface area (Å²) in [5.41, 5.74) is -2.88. The van der Waals surface area contributed by atoms with Gasteiger partial charge >= 0.3 is 0 Å². The molecule has 0 saturated heterocycles. The lowest BCUT2D eigenvalue weighted by Crippen LogP contribution is -2.02. The third-order valence-corrected chi connectivity index (χ3v) is 3.25. The average molecular weight is 379 g/mol. The van der Waals surface area contributed by atoms with E-state index in [9.17, 15) is 0 Å². The van der Waals surface area contributed by atoms with Crippen molar-refractivity contribution in [1.82, 2.24) is 9.97 Å². The molecule has 0 amide bonds. The highest BCUT2D eigenvalue weighted by Crippen LogP contribution is 2.26. The molecule has 136 valence electrons. The van der Waals surface area contributed by atoms with Crippen LogP contribution in [0.1, 0.15) is 38.7 Å². The molecule has 6 nitrogen and oxygen atoms in total. The molecule has 1 heterocycles. The Kier molecular flexibility index (Phi) is 2.63. The van der Waals surface area contributed by atoms with Gasteiger partial charge in [-0.25, -0.2) is 4.98 Å². The van der Waals surface area contributed by atoms with Gasteiger partial charge in [0.25, 0.3) is 0 Å². The minimum Gasteiger partial charge on any atom is -0.340 e. The first-order valence-corrected chi connectivity index (χ1v) is 7.66. The first kappa shape index (κ1) is 8.69. The first-order chi connectivity index (χ1) is 18.5. The third kappa shape index (κ3) is 4.51. The van der Waals surface area contributed by atoms with E-state index in [1.165, 1.54) is 12.1 Å². The van der Waals surface area contributed by atoms with Crippen molar-refractivity contribution < 1.29 is 16.4 Å². The van der Waals surface area contributed by atoms with Crippen LogP contribution in [-0.4, -0.2) is 9.97 Å². The zero-order valence-electron chi connectivity index (χ0n) is 26.1. The van der Waals surface area contributed by atoms with Gasteiger partial charge in [0.2, 0.25) is 5.95 Å². The quantitative estimate of drug-likeness (QED) is 0.607. The highest BCUT2D eigenvalue weighted by Gasteiger charge is 2.07. The highest BCUT2D eigenvalue weighted by molar-refractivity contribution is 5.69. The molecular formula is C22H18N6. The summed E-state index contributed by atoms with van der Waals surface area (Å²) in [6.07, 6.45) is 1.12. The second-order valence-corrected chi connectivity index (χ2v) is 5.15. The molecule has 0 radical (unpaired) electrons. The maximum atomic E-state index is 9.03. The van der Waals surface area contributed by atoms with E-state index >= 15 is 0 Å². The van der Waals surface area contributed by atoms with Crippen LogP contribution in [0.3, 0.4) is 0 Å². The van der Waals surface area contributed by atoms with Gasteiger partial charge in [-0.3, -0.25) is 0 Å². The van der Waals surface area contributed by atoms with E-state index in [1.54, 1.807) is 12.1 Å². The van der Waals surface area contributed by atoms with Crippen LogP contribution in [0, 0.1) is 36.4 Å². The van der Waals surface area contributed by atoms with Crippen molar-refractivity contribution in [3.63, 3.8) is 0 Å². The van der Waals surface area contributed by atoms with Crippen LogP contribution in [0.2, 0.25) is 0 Å². The number of allylic oxidation sites excluding steroid dienone is 1. The summed E-state index contributed by atoms with van der Waals surface area (Å²) in [5.74, 6) is -0.990. The summed E-state index contributed by atoms with van der Waals surface area (Å²) >= 11 is 0.